The van der Waals surface area contributed by atoms with Crippen LogP contribution in [0, 0.1) is 11.3 Å². The summed E-state index contributed by atoms with van der Waals surface area (Å²) in [6.45, 7) is 0.520. The van der Waals surface area contributed by atoms with Crippen LogP contribution in [-0.2, 0) is 6.54 Å². The van der Waals surface area contributed by atoms with Crippen LogP contribution in [0.5, 0.6) is 0 Å². The average molecular weight is 245 g/mol. The Kier molecular flexibility index (Phi) is 3.68. The van der Waals surface area contributed by atoms with Crippen molar-refractivity contribution in [3.05, 3.63) is 41.8 Å². The predicted molar refractivity (Wildman–Crippen MR) is 66.8 cm³/mol. The summed E-state index contributed by atoms with van der Waals surface area (Å²) in [4.78, 5) is 0.968. The van der Waals surface area contributed by atoms with Gasteiger partial charge in [-0.25, -0.2) is 0 Å². The zero-order valence-electron chi connectivity index (χ0n) is 9.30. The van der Waals surface area contributed by atoms with Crippen LogP contribution in [-0.4, -0.2) is 11.4 Å². The standard InChI is InChI=1S/C12H11N3OS/c1-17-12-4-2-3-11(10(12)7-13)14-8-9-5-6-15-16-9/h2-6,14H,8H2,1H3. The predicted octanol–water partition coefficient (Wildman–Crippen LogP) is 2.88. The summed E-state index contributed by atoms with van der Waals surface area (Å²) in [7, 11) is 0. The Labute approximate surface area is 104 Å². The molecule has 0 aliphatic carbocycles. The zero-order valence-corrected chi connectivity index (χ0v) is 10.1. The summed E-state index contributed by atoms with van der Waals surface area (Å²) in [6.07, 6.45) is 3.55. The molecule has 17 heavy (non-hydrogen) atoms. The first kappa shape index (κ1) is 11.6. The second-order valence-electron chi connectivity index (χ2n) is 3.33. The van der Waals surface area contributed by atoms with Crippen LogP contribution < -0.4 is 5.32 Å². The van der Waals surface area contributed by atoms with Crippen LogP contribution in [0.2, 0.25) is 0 Å². The maximum Gasteiger partial charge on any atom is 0.155 e. The van der Waals surface area contributed by atoms with Crippen LogP contribution in [0.3, 0.4) is 0 Å². The van der Waals surface area contributed by atoms with Crippen molar-refractivity contribution in [2.45, 2.75) is 11.4 Å². The molecular weight excluding hydrogens is 234 g/mol. The molecule has 2 aromatic rings. The van der Waals surface area contributed by atoms with Crippen LogP contribution in [0.1, 0.15) is 11.3 Å². The Morgan fingerprint density at radius 1 is 1.47 bits per heavy atom. The molecule has 0 saturated carbocycles. The minimum atomic E-state index is 0.520. The van der Waals surface area contributed by atoms with E-state index in [1.54, 1.807) is 24.0 Å². The van der Waals surface area contributed by atoms with Crippen molar-refractivity contribution in [1.29, 1.82) is 5.26 Å². The number of hydrogen-bond donors (Lipinski definition) is 1. The molecule has 1 heterocycles. The second-order valence-corrected chi connectivity index (χ2v) is 4.18. The monoisotopic (exact) mass is 245 g/mol. The number of thioether (sulfide) groups is 1. The fourth-order valence-electron chi connectivity index (χ4n) is 1.48. The van der Waals surface area contributed by atoms with Gasteiger partial charge in [-0.15, -0.1) is 11.8 Å². The summed E-state index contributed by atoms with van der Waals surface area (Å²) in [6, 6.07) is 9.75. The third kappa shape index (κ3) is 2.60. The lowest BCUT2D eigenvalue weighted by molar-refractivity contribution is 0.388. The molecule has 5 heteroatoms. The minimum absolute atomic E-state index is 0.520. The molecular formula is C12H11N3OS. The first-order valence-electron chi connectivity index (χ1n) is 5.05. The fraction of sp³-hybridized carbons (Fsp3) is 0.167. The molecule has 1 aromatic carbocycles. The normalized spacial score (nSPS) is 9.88. The Balaban J connectivity index is 2.18. The average Bonchev–Trinajstić information content (AvgIpc) is 2.88. The molecule has 0 radical (unpaired) electrons. The molecule has 1 aromatic heterocycles. The van der Waals surface area contributed by atoms with E-state index in [9.17, 15) is 0 Å². The number of aromatic nitrogens is 1. The number of anilines is 1. The Hall–Kier alpha value is -1.93. The van der Waals surface area contributed by atoms with Crippen molar-refractivity contribution in [3.63, 3.8) is 0 Å². The maximum absolute atomic E-state index is 9.15. The minimum Gasteiger partial charge on any atom is -0.377 e. The van der Waals surface area contributed by atoms with Crippen LogP contribution in [0.15, 0.2) is 39.9 Å². The van der Waals surface area contributed by atoms with E-state index in [0.29, 0.717) is 12.1 Å². The molecule has 0 aliphatic rings. The van der Waals surface area contributed by atoms with Gasteiger partial charge in [-0.05, 0) is 18.4 Å². The molecule has 4 nitrogen and oxygen atoms in total. The fourth-order valence-corrected chi connectivity index (χ4v) is 2.05. The van der Waals surface area contributed by atoms with E-state index in [0.717, 1.165) is 16.3 Å². The molecule has 0 fully saturated rings. The van der Waals surface area contributed by atoms with Crippen molar-refractivity contribution in [1.82, 2.24) is 5.16 Å². The van der Waals surface area contributed by atoms with Gasteiger partial charge >= 0.3 is 0 Å². The first-order chi connectivity index (χ1) is 8.35. The molecule has 0 spiro atoms. The van der Waals surface area contributed by atoms with E-state index < -0.39 is 0 Å². The Morgan fingerprint density at radius 2 is 2.35 bits per heavy atom. The molecule has 86 valence electrons. The number of nitrogens with one attached hydrogen (secondary N) is 1. The van der Waals surface area contributed by atoms with Gasteiger partial charge in [-0.3, -0.25) is 0 Å². The number of hydrogen-bond acceptors (Lipinski definition) is 5. The zero-order chi connectivity index (χ0) is 12.1. The molecule has 0 bridgehead atoms. The number of nitriles is 1. The molecule has 0 atom stereocenters. The summed E-state index contributed by atoms with van der Waals surface area (Å²) in [5, 5.41) is 15.9. The summed E-state index contributed by atoms with van der Waals surface area (Å²) < 4.78 is 4.98. The van der Waals surface area contributed by atoms with E-state index >= 15 is 0 Å². The summed E-state index contributed by atoms with van der Waals surface area (Å²) in [5.74, 6) is 0.739. The van der Waals surface area contributed by atoms with E-state index in [-0.39, 0.29) is 0 Å². The highest BCUT2D eigenvalue weighted by Gasteiger charge is 2.07. The van der Waals surface area contributed by atoms with E-state index in [4.69, 9.17) is 9.78 Å². The lowest BCUT2D eigenvalue weighted by Gasteiger charge is -2.08. The van der Waals surface area contributed by atoms with Crippen LogP contribution >= 0.6 is 11.8 Å². The summed E-state index contributed by atoms with van der Waals surface area (Å²) in [5.41, 5.74) is 1.48. The molecule has 0 amide bonds. The topological polar surface area (TPSA) is 61.9 Å². The van der Waals surface area contributed by atoms with E-state index in [2.05, 4.69) is 16.5 Å². The highest BCUT2D eigenvalue weighted by atomic mass is 32.2. The van der Waals surface area contributed by atoms with Crippen molar-refractivity contribution in [2.24, 2.45) is 0 Å². The second kappa shape index (κ2) is 5.41. The highest BCUT2D eigenvalue weighted by molar-refractivity contribution is 7.98. The van der Waals surface area contributed by atoms with Crippen LogP contribution in [0.4, 0.5) is 5.69 Å². The number of nitrogens with zero attached hydrogens (tertiary/aromatic N) is 2. The number of benzene rings is 1. The van der Waals surface area contributed by atoms with Gasteiger partial charge in [0.15, 0.2) is 5.76 Å². The quantitative estimate of drug-likeness (QED) is 0.839. The maximum atomic E-state index is 9.15. The van der Waals surface area contributed by atoms with Gasteiger partial charge in [0.05, 0.1) is 24.0 Å². The molecule has 0 unspecified atom stereocenters. The van der Waals surface area contributed by atoms with Crippen molar-refractivity contribution in [2.75, 3.05) is 11.6 Å². The third-order valence-electron chi connectivity index (χ3n) is 2.30. The van der Waals surface area contributed by atoms with Crippen molar-refractivity contribution < 1.29 is 4.52 Å². The Morgan fingerprint density at radius 3 is 3.00 bits per heavy atom. The van der Waals surface area contributed by atoms with Gasteiger partial charge in [0.2, 0.25) is 0 Å². The molecule has 1 N–H and O–H groups in total. The Bertz CT molecular complexity index is 531. The van der Waals surface area contributed by atoms with Gasteiger partial charge in [0.1, 0.15) is 6.07 Å². The molecule has 2 rings (SSSR count). The van der Waals surface area contributed by atoms with Crippen molar-refractivity contribution >= 4 is 17.4 Å². The van der Waals surface area contributed by atoms with Gasteiger partial charge in [0.25, 0.3) is 0 Å². The number of rotatable bonds is 4. The van der Waals surface area contributed by atoms with Crippen LogP contribution in [0.25, 0.3) is 0 Å². The van der Waals surface area contributed by atoms with Gasteiger partial charge in [0, 0.05) is 11.0 Å². The van der Waals surface area contributed by atoms with Gasteiger partial charge in [-0.2, -0.15) is 5.26 Å². The molecule has 0 aliphatic heterocycles. The van der Waals surface area contributed by atoms with Crippen molar-refractivity contribution in [3.8, 4) is 6.07 Å². The van der Waals surface area contributed by atoms with E-state index in [1.165, 1.54) is 0 Å². The highest BCUT2D eigenvalue weighted by Crippen LogP contribution is 2.26. The lowest BCUT2D eigenvalue weighted by atomic mass is 10.2. The van der Waals surface area contributed by atoms with Gasteiger partial charge < -0.3 is 9.84 Å². The SMILES string of the molecule is CSc1cccc(NCc2ccno2)c1C#N. The lowest BCUT2D eigenvalue weighted by Crippen LogP contribution is -2.01. The smallest absolute Gasteiger partial charge is 0.155 e. The molecule has 0 saturated heterocycles. The van der Waals surface area contributed by atoms with Gasteiger partial charge in [-0.1, -0.05) is 11.2 Å². The first-order valence-corrected chi connectivity index (χ1v) is 6.28. The van der Waals surface area contributed by atoms with E-state index in [1.807, 2.05) is 24.5 Å². The largest absolute Gasteiger partial charge is 0.377 e. The third-order valence-corrected chi connectivity index (χ3v) is 3.08. The summed E-state index contributed by atoms with van der Waals surface area (Å²) >= 11 is 1.56.